The smallest absolute Gasteiger partial charge is 0.171 e. The van der Waals surface area contributed by atoms with E-state index >= 15 is 0 Å². The van der Waals surface area contributed by atoms with Crippen LogP contribution in [0.3, 0.4) is 0 Å². The summed E-state index contributed by atoms with van der Waals surface area (Å²) in [5.74, 6) is 0. The maximum atomic E-state index is 5.15. The van der Waals surface area contributed by atoms with Crippen molar-refractivity contribution >= 4 is 34.4 Å². The van der Waals surface area contributed by atoms with Crippen LogP contribution >= 0.6 is 23.6 Å². The van der Waals surface area contributed by atoms with Gasteiger partial charge in [-0.05, 0) is 31.3 Å². The molecule has 2 aromatic rings. The molecule has 2 N–H and O–H groups in total. The quantitative estimate of drug-likeness (QED) is 0.666. The number of nitrogens with zero attached hydrogens (tertiary/aromatic N) is 1. The summed E-state index contributed by atoms with van der Waals surface area (Å²) >= 11 is 6.81. The minimum Gasteiger partial charge on any atom is -0.359 e. The van der Waals surface area contributed by atoms with E-state index in [1.54, 1.807) is 17.4 Å². The Balaban J connectivity index is 2.02. The van der Waals surface area contributed by atoms with Crippen LogP contribution in [0.1, 0.15) is 5.01 Å². The molecule has 1 aromatic carbocycles. The van der Waals surface area contributed by atoms with E-state index in [2.05, 4.69) is 27.6 Å². The number of thiazole rings is 1. The van der Waals surface area contributed by atoms with Gasteiger partial charge in [0.15, 0.2) is 5.11 Å². The van der Waals surface area contributed by atoms with Gasteiger partial charge in [-0.15, -0.1) is 17.9 Å². The zero-order valence-electron chi connectivity index (χ0n) is 10.6. The van der Waals surface area contributed by atoms with Crippen LogP contribution in [0.25, 0.3) is 11.3 Å². The van der Waals surface area contributed by atoms with Crippen LogP contribution in [0.15, 0.2) is 42.3 Å². The van der Waals surface area contributed by atoms with Crippen molar-refractivity contribution in [1.82, 2.24) is 10.3 Å². The zero-order chi connectivity index (χ0) is 13.7. The van der Waals surface area contributed by atoms with E-state index < -0.39 is 0 Å². The first-order chi connectivity index (χ1) is 9.19. The number of aromatic nitrogens is 1. The van der Waals surface area contributed by atoms with Gasteiger partial charge in [0.05, 0.1) is 10.7 Å². The Morgan fingerprint density at radius 1 is 1.42 bits per heavy atom. The molecule has 0 saturated heterocycles. The van der Waals surface area contributed by atoms with E-state index in [1.165, 1.54) is 0 Å². The van der Waals surface area contributed by atoms with Gasteiger partial charge in [0, 0.05) is 23.2 Å². The minimum absolute atomic E-state index is 0.595. The first-order valence-corrected chi connectivity index (χ1v) is 7.16. The summed E-state index contributed by atoms with van der Waals surface area (Å²) < 4.78 is 0. The predicted octanol–water partition coefficient (Wildman–Crippen LogP) is 3.59. The number of nitrogens with one attached hydrogen (secondary N) is 2. The number of hydrogen-bond acceptors (Lipinski definition) is 3. The maximum Gasteiger partial charge on any atom is 0.171 e. The lowest BCUT2D eigenvalue weighted by molar-refractivity contribution is 1.06. The monoisotopic (exact) mass is 289 g/mol. The first kappa shape index (κ1) is 13.7. The lowest BCUT2D eigenvalue weighted by Gasteiger charge is -2.09. The minimum atomic E-state index is 0.595. The highest BCUT2D eigenvalue weighted by Gasteiger charge is 2.02. The second-order valence-corrected chi connectivity index (χ2v) is 5.42. The van der Waals surface area contributed by atoms with E-state index in [1.807, 2.05) is 31.2 Å². The van der Waals surface area contributed by atoms with Crippen molar-refractivity contribution in [3.63, 3.8) is 0 Å². The van der Waals surface area contributed by atoms with Gasteiger partial charge in [-0.3, -0.25) is 0 Å². The second-order valence-electron chi connectivity index (χ2n) is 3.95. The molecule has 0 spiro atoms. The molecule has 0 bridgehead atoms. The highest BCUT2D eigenvalue weighted by molar-refractivity contribution is 7.80. The first-order valence-electron chi connectivity index (χ1n) is 5.87. The lowest BCUT2D eigenvalue weighted by Crippen LogP contribution is -2.28. The molecule has 5 heteroatoms. The molecule has 1 aromatic heterocycles. The Hall–Kier alpha value is -1.72. The van der Waals surface area contributed by atoms with Crippen LogP contribution in [0, 0.1) is 6.92 Å². The highest BCUT2D eigenvalue weighted by atomic mass is 32.1. The summed E-state index contributed by atoms with van der Waals surface area (Å²) in [7, 11) is 0. The Kier molecular flexibility index (Phi) is 4.65. The Morgan fingerprint density at radius 3 is 2.74 bits per heavy atom. The second kappa shape index (κ2) is 6.45. The predicted molar refractivity (Wildman–Crippen MR) is 86.7 cm³/mol. The molecule has 0 aliphatic heterocycles. The number of aryl methyl sites for hydroxylation is 1. The van der Waals surface area contributed by atoms with Gasteiger partial charge in [-0.1, -0.05) is 18.2 Å². The molecule has 0 atom stereocenters. The number of rotatable bonds is 4. The summed E-state index contributed by atoms with van der Waals surface area (Å²) in [4.78, 5) is 4.46. The molecule has 0 saturated carbocycles. The number of hydrogen-bond donors (Lipinski definition) is 2. The standard InChI is InChI=1S/C14H15N3S2/c1-3-8-15-14(18)17-12-6-4-11(5-7-12)13-9-19-10(2)16-13/h3-7,9H,1,8H2,2H3,(H2,15,17,18). The molecule has 3 nitrogen and oxygen atoms in total. The van der Waals surface area contributed by atoms with Gasteiger partial charge in [0.2, 0.25) is 0 Å². The van der Waals surface area contributed by atoms with E-state index in [9.17, 15) is 0 Å². The molecule has 19 heavy (non-hydrogen) atoms. The summed E-state index contributed by atoms with van der Waals surface area (Å²) in [6.07, 6.45) is 1.77. The fraction of sp³-hybridized carbons (Fsp3) is 0.143. The maximum absolute atomic E-state index is 5.15. The Bertz CT molecular complexity index is 573. The van der Waals surface area contributed by atoms with E-state index in [-0.39, 0.29) is 0 Å². The molecular formula is C14H15N3S2. The average Bonchev–Trinajstić information content (AvgIpc) is 2.84. The van der Waals surface area contributed by atoms with Gasteiger partial charge in [0.25, 0.3) is 0 Å². The van der Waals surface area contributed by atoms with E-state index in [0.29, 0.717) is 11.7 Å². The molecule has 0 amide bonds. The summed E-state index contributed by atoms with van der Waals surface area (Å²) in [6, 6.07) is 8.05. The molecular weight excluding hydrogens is 274 g/mol. The van der Waals surface area contributed by atoms with Crippen molar-refractivity contribution in [3.05, 3.63) is 47.3 Å². The van der Waals surface area contributed by atoms with Gasteiger partial charge < -0.3 is 10.6 Å². The van der Waals surface area contributed by atoms with Crippen molar-refractivity contribution in [1.29, 1.82) is 0 Å². The Morgan fingerprint density at radius 2 is 2.16 bits per heavy atom. The Labute approximate surface area is 122 Å². The molecule has 0 aliphatic rings. The highest BCUT2D eigenvalue weighted by Crippen LogP contribution is 2.22. The van der Waals surface area contributed by atoms with Crippen LogP contribution in [-0.4, -0.2) is 16.6 Å². The zero-order valence-corrected chi connectivity index (χ0v) is 12.3. The third-order valence-electron chi connectivity index (χ3n) is 2.46. The number of thiocarbonyl (C=S) groups is 1. The third-order valence-corrected chi connectivity index (χ3v) is 3.48. The lowest BCUT2D eigenvalue weighted by atomic mass is 10.1. The van der Waals surface area contributed by atoms with Gasteiger partial charge in [0.1, 0.15) is 0 Å². The van der Waals surface area contributed by atoms with Crippen LogP contribution in [0.4, 0.5) is 5.69 Å². The molecule has 0 unspecified atom stereocenters. The summed E-state index contributed by atoms with van der Waals surface area (Å²) in [6.45, 7) is 6.29. The molecule has 0 fully saturated rings. The van der Waals surface area contributed by atoms with Crippen LogP contribution in [-0.2, 0) is 0 Å². The van der Waals surface area contributed by atoms with Gasteiger partial charge in [-0.2, -0.15) is 0 Å². The molecule has 1 heterocycles. The number of anilines is 1. The van der Waals surface area contributed by atoms with Gasteiger partial charge >= 0.3 is 0 Å². The average molecular weight is 289 g/mol. The summed E-state index contributed by atoms with van der Waals surface area (Å²) in [5.41, 5.74) is 3.08. The topological polar surface area (TPSA) is 37.0 Å². The SMILES string of the molecule is C=CCNC(=S)Nc1ccc(-c2csc(C)n2)cc1. The van der Waals surface area contributed by atoms with E-state index in [0.717, 1.165) is 22.0 Å². The van der Waals surface area contributed by atoms with Crippen LogP contribution in [0.5, 0.6) is 0 Å². The molecule has 2 rings (SSSR count). The number of benzene rings is 1. The van der Waals surface area contributed by atoms with Crippen molar-refractivity contribution in [2.75, 3.05) is 11.9 Å². The fourth-order valence-electron chi connectivity index (χ4n) is 1.56. The molecule has 0 aliphatic carbocycles. The van der Waals surface area contributed by atoms with Crippen LogP contribution in [0.2, 0.25) is 0 Å². The van der Waals surface area contributed by atoms with E-state index in [4.69, 9.17) is 12.2 Å². The van der Waals surface area contributed by atoms with Crippen molar-refractivity contribution in [2.24, 2.45) is 0 Å². The van der Waals surface area contributed by atoms with Crippen molar-refractivity contribution in [2.45, 2.75) is 6.92 Å². The fourth-order valence-corrected chi connectivity index (χ4v) is 2.38. The summed E-state index contributed by atoms with van der Waals surface area (Å²) in [5, 5.41) is 9.87. The van der Waals surface area contributed by atoms with Crippen molar-refractivity contribution in [3.8, 4) is 11.3 Å². The third kappa shape index (κ3) is 3.87. The largest absolute Gasteiger partial charge is 0.359 e. The van der Waals surface area contributed by atoms with Gasteiger partial charge in [-0.25, -0.2) is 4.98 Å². The molecule has 0 radical (unpaired) electrons. The molecule has 98 valence electrons. The van der Waals surface area contributed by atoms with Crippen LogP contribution < -0.4 is 10.6 Å². The normalized spacial score (nSPS) is 9.95. The van der Waals surface area contributed by atoms with Crippen molar-refractivity contribution < 1.29 is 0 Å².